The summed E-state index contributed by atoms with van der Waals surface area (Å²) < 4.78 is 45.1. The van der Waals surface area contributed by atoms with E-state index in [-0.39, 0.29) is 29.9 Å². The summed E-state index contributed by atoms with van der Waals surface area (Å²) in [6, 6.07) is 4.53. The van der Waals surface area contributed by atoms with Crippen molar-refractivity contribution in [2.24, 2.45) is 0 Å². The van der Waals surface area contributed by atoms with E-state index in [9.17, 15) is 17.6 Å². The number of hydrogen-bond donors (Lipinski definition) is 1. The highest BCUT2D eigenvalue weighted by Crippen LogP contribution is 2.21. The van der Waals surface area contributed by atoms with Gasteiger partial charge in [0.2, 0.25) is 15.9 Å². The minimum Gasteiger partial charge on any atom is -0.369 e. The predicted molar refractivity (Wildman–Crippen MR) is 87.4 cm³/mol. The van der Waals surface area contributed by atoms with E-state index in [1.165, 1.54) is 12.1 Å². The maximum Gasteiger partial charge on any atom is 0.240 e. The van der Waals surface area contributed by atoms with Gasteiger partial charge in [-0.2, -0.15) is 0 Å². The minimum absolute atomic E-state index is 0.00922. The van der Waals surface area contributed by atoms with Crippen LogP contribution in [0, 0.1) is 5.82 Å². The van der Waals surface area contributed by atoms with Crippen molar-refractivity contribution < 1.29 is 22.3 Å². The summed E-state index contributed by atoms with van der Waals surface area (Å²) in [4.78, 5) is 13.9. The molecule has 0 aliphatic carbocycles. The number of carbonyl (C=O) groups is 1. The Bertz CT molecular complexity index is 689. The third kappa shape index (κ3) is 4.99. The molecule has 1 fully saturated rings. The van der Waals surface area contributed by atoms with Crippen molar-refractivity contribution in [2.75, 3.05) is 19.6 Å². The molecule has 1 amide bonds. The lowest BCUT2D eigenvalue weighted by Crippen LogP contribution is -2.54. The third-order valence-corrected chi connectivity index (χ3v) is 5.15. The van der Waals surface area contributed by atoms with Crippen molar-refractivity contribution in [3.63, 3.8) is 0 Å². The van der Waals surface area contributed by atoms with Crippen LogP contribution < -0.4 is 4.72 Å². The first-order valence-corrected chi connectivity index (χ1v) is 9.28. The highest BCUT2D eigenvalue weighted by Gasteiger charge is 2.33. The number of amides is 1. The molecule has 0 spiro atoms. The molecule has 0 aromatic heterocycles. The van der Waals surface area contributed by atoms with Gasteiger partial charge in [0, 0.05) is 26.1 Å². The van der Waals surface area contributed by atoms with Gasteiger partial charge in [0.1, 0.15) is 5.82 Å². The normalized spacial score (nSPS) is 20.8. The average molecular weight is 358 g/mol. The Kier molecular flexibility index (Phi) is 5.62. The monoisotopic (exact) mass is 358 g/mol. The van der Waals surface area contributed by atoms with Gasteiger partial charge in [-0.3, -0.25) is 4.79 Å². The number of rotatable bonds is 5. The molecular formula is C16H23FN2O4S. The van der Waals surface area contributed by atoms with E-state index in [0.29, 0.717) is 13.1 Å². The Morgan fingerprint density at radius 2 is 2.00 bits per heavy atom. The Balaban J connectivity index is 1.89. The van der Waals surface area contributed by atoms with Gasteiger partial charge in [-0.25, -0.2) is 17.5 Å². The van der Waals surface area contributed by atoms with Crippen LogP contribution in [0.25, 0.3) is 0 Å². The van der Waals surface area contributed by atoms with E-state index in [1.807, 2.05) is 20.8 Å². The molecule has 1 saturated heterocycles. The largest absolute Gasteiger partial charge is 0.369 e. The smallest absolute Gasteiger partial charge is 0.240 e. The molecule has 1 heterocycles. The van der Waals surface area contributed by atoms with Crippen molar-refractivity contribution in [2.45, 2.75) is 43.8 Å². The molecule has 1 aromatic rings. The van der Waals surface area contributed by atoms with Crippen molar-refractivity contribution in [3.05, 3.63) is 30.1 Å². The molecule has 6 nitrogen and oxygen atoms in total. The molecule has 0 unspecified atom stereocenters. The number of halogens is 1. The summed E-state index contributed by atoms with van der Waals surface area (Å²) in [5.74, 6) is -0.631. The molecule has 1 atom stereocenters. The van der Waals surface area contributed by atoms with Crippen LogP contribution >= 0.6 is 0 Å². The van der Waals surface area contributed by atoms with E-state index in [1.54, 1.807) is 4.90 Å². The third-order valence-electron chi connectivity index (χ3n) is 3.68. The SMILES string of the molecule is C[C@@H]1CN(C(=O)CCNS(=O)(=O)c2ccc(F)cc2)CC(C)(C)O1. The predicted octanol–water partition coefficient (Wildman–Crippen LogP) is 1.52. The Labute approximate surface area is 142 Å². The highest BCUT2D eigenvalue weighted by atomic mass is 32.2. The van der Waals surface area contributed by atoms with Gasteiger partial charge in [0.05, 0.1) is 16.6 Å². The molecular weight excluding hydrogens is 335 g/mol. The molecule has 2 rings (SSSR count). The molecule has 8 heteroatoms. The standard InChI is InChI=1S/C16H23FN2O4S/c1-12-10-19(11-16(2,3)23-12)15(20)8-9-18-24(21,22)14-6-4-13(17)5-7-14/h4-7,12,18H,8-11H2,1-3H3/t12-/m1/s1. The Morgan fingerprint density at radius 3 is 2.58 bits per heavy atom. The van der Waals surface area contributed by atoms with Gasteiger partial charge in [-0.15, -0.1) is 0 Å². The number of nitrogens with zero attached hydrogens (tertiary/aromatic N) is 1. The zero-order chi connectivity index (χ0) is 18.0. The van der Waals surface area contributed by atoms with Crippen LogP contribution in [0.5, 0.6) is 0 Å². The van der Waals surface area contributed by atoms with Crippen LogP contribution in [0.2, 0.25) is 0 Å². The van der Waals surface area contributed by atoms with E-state index < -0.39 is 21.4 Å². The number of ether oxygens (including phenoxy) is 1. The summed E-state index contributed by atoms with van der Waals surface area (Å²) in [5.41, 5.74) is -0.416. The van der Waals surface area contributed by atoms with Crippen molar-refractivity contribution in [1.29, 1.82) is 0 Å². The fourth-order valence-corrected chi connectivity index (χ4v) is 3.82. The Morgan fingerprint density at radius 1 is 1.38 bits per heavy atom. The molecule has 134 valence electrons. The second kappa shape index (κ2) is 7.16. The first-order valence-electron chi connectivity index (χ1n) is 7.80. The van der Waals surface area contributed by atoms with E-state index in [2.05, 4.69) is 4.72 Å². The first kappa shape index (κ1) is 18.8. The molecule has 1 aliphatic rings. The van der Waals surface area contributed by atoms with E-state index in [4.69, 9.17) is 4.74 Å². The van der Waals surface area contributed by atoms with Gasteiger partial charge in [0.15, 0.2) is 0 Å². The number of sulfonamides is 1. The lowest BCUT2D eigenvalue weighted by atomic mass is 10.1. The molecule has 1 aromatic carbocycles. The molecule has 24 heavy (non-hydrogen) atoms. The maximum atomic E-state index is 12.9. The molecule has 0 radical (unpaired) electrons. The number of carbonyl (C=O) groups excluding carboxylic acids is 1. The summed E-state index contributed by atoms with van der Waals surface area (Å²) in [6.45, 7) is 6.69. The van der Waals surface area contributed by atoms with Crippen LogP contribution in [-0.2, 0) is 19.6 Å². The molecule has 0 bridgehead atoms. The van der Waals surface area contributed by atoms with Crippen molar-refractivity contribution >= 4 is 15.9 Å². The fourth-order valence-electron chi connectivity index (χ4n) is 2.79. The Hall–Kier alpha value is -1.51. The first-order chi connectivity index (χ1) is 11.1. The number of nitrogens with one attached hydrogen (secondary N) is 1. The lowest BCUT2D eigenvalue weighted by Gasteiger charge is -2.41. The van der Waals surface area contributed by atoms with Crippen LogP contribution in [-0.4, -0.2) is 50.6 Å². The molecule has 0 saturated carbocycles. The molecule has 1 aliphatic heterocycles. The average Bonchev–Trinajstić information content (AvgIpc) is 2.45. The zero-order valence-electron chi connectivity index (χ0n) is 14.1. The number of morpholine rings is 1. The summed E-state index contributed by atoms with van der Waals surface area (Å²) in [5, 5.41) is 0. The second-order valence-corrected chi connectivity index (χ2v) is 8.33. The second-order valence-electron chi connectivity index (χ2n) is 6.56. The van der Waals surface area contributed by atoms with Crippen LogP contribution in [0.15, 0.2) is 29.2 Å². The number of benzene rings is 1. The van der Waals surface area contributed by atoms with Crippen LogP contribution in [0.1, 0.15) is 27.2 Å². The van der Waals surface area contributed by atoms with Gasteiger partial charge < -0.3 is 9.64 Å². The van der Waals surface area contributed by atoms with Gasteiger partial charge in [-0.05, 0) is 45.0 Å². The van der Waals surface area contributed by atoms with Crippen molar-refractivity contribution in [3.8, 4) is 0 Å². The number of hydrogen-bond acceptors (Lipinski definition) is 4. The zero-order valence-corrected chi connectivity index (χ0v) is 14.9. The summed E-state index contributed by atoms with van der Waals surface area (Å²) >= 11 is 0. The van der Waals surface area contributed by atoms with Crippen LogP contribution in [0.3, 0.4) is 0 Å². The topological polar surface area (TPSA) is 75.7 Å². The fraction of sp³-hybridized carbons (Fsp3) is 0.562. The minimum atomic E-state index is -3.75. The maximum absolute atomic E-state index is 12.9. The van der Waals surface area contributed by atoms with Gasteiger partial charge in [-0.1, -0.05) is 0 Å². The van der Waals surface area contributed by atoms with E-state index >= 15 is 0 Å². The summed E-state index contributed by atoms with van der Waals surface area (Å²) in [6.07, 6.45) is -0.00272. The highest BCUT2D eigenvalue weighted by molar-refractivity contribution is 7.89. The van der Waals surface area contributed by atoms with E-state index in [0.717, 1.165) is 12.1 Å². The quantitative estimate of drug-likeness (QED) is 0.866. The van der Waals surface area contributed by atoms with Crippen molar-refractivity contribution in [1.82, 2.24) is 9.62 Å². The van der Waals surface area contributed by atoms with Gasteiger partial charge in [0.25, 0.3) is 0 Å². The lowest BCUT2D eigenvalue weighted by molar-refractivity contribution is -0.157. The van der Waals surface area contributed by atoms with Gasteiger partial charge >= 0.3 is 0 Å². The molecule has 1 N–H and O–H groups in total. The van der Waals surface area contributed by atoms with Crippen LogP contribution in [0.4, 0.5) is 4.39 Å². The summed E-state index contributed by atoms with van der Waals surface area (Å²) in [7, 11) is -3.75.